The molecule has 0 spiro atoms. The van der Waals surface area contributed by atoms with E-state index >= 15 is 0 Å². The summed E-state index contributed by atoms with van der Waals surface area (Å²) in [4.78, 5) is 13.5. The second-order valence-electron chi connectivity index (χ2n) is 6.01. The first-order valence-corrected chi connectivity index (χ1v) is 8.14. The maximum Gasteiger partial charge on any atom is 0.229 e. The molecule has 0 N–H and O–H groups in total. The van der Waals surface area contributed by atoms with Crippen molar-refractivity contribution < 1.29 is 4.92 Å². The lowest BCUT2D eigenvalue weighted by molar-refractivity contribution is -0.525. The fraction of sp³-hybridized carbons (Fsp3) is 0.647. The van der Waals surface area contributed by atoms with E-state index in [0.717, 1.165) is 25.9 Å². The summed E-state index contributed by atoms with van der Waals surface area (Å²) in [6.45, 7) is 3.87. The van der Waals surface area contributed by atoms with Crippen LogP contribution in [0.4, 0.5) is 0 Å². The molecule has 0 aliphatic carbocycles. The summed E-state index contributed by atoms with van der Waals surface area (Å²) in [7, 11) is 0. The van der Waals surface area contributed by atoms with Crippen molar-refractivity contribution in [3.63, 3.8) is 0 Å². The Balaban J connectivity index is 1.96. The zero-order valence-corrected chi connectivity index (χ0v) is 12.9. The summed E-state index contributed by atoms with van der Waals surface area (Å²) in [6.07, 6.45) is 6.38. The topological polar surface area (TPSA) is 46.4 Å². The molecule has 1 heterocycles. The molecule has 1 saturated heterocycles. The summed E-state index contributed by atoms with van der Waals surface area (Å²) in [5, 5.41) is 11.3. The van der Waals surface area contributed by atoms with Crippen LogP contribution < -0.4 is 0 Å². The molecule has 1 aromatic rings. The van der Waals surface area contributed by atoms with E-state index in [2.05, 4.69) is 24.0 Å². The van der Waals surface area contributed by atoms with Gasteiger partial charge in [0.05, 0.1) is 6.04 Å². The zero-order valence-electron chi connectivity index (χ0n) is 12.9. The quantitative estimate of drug-likeness (QED) is 0.415. The Labute approximate surface area is 127 Å². The summed E-state index contributed by atoms with van der Waals surface area (Å²) < 4.78 is 0. The number of unbranched alkanes of at least 4 members (excludes halogenated alkanes) is 3. The molecule has 0 saturated carbocycles. The van der Waals surface area contributed by atoms with E-state index in [9.17, 15) is 10.1 Å². The monoisotopic (exact) mass is 290 g/mol. The van der Waals surface area contributed by atoms with Crippen molar-refractivity contribution in [1.29, 1.82) is 0 Å². The standard InChI is InChI=1S/C17H26N2O2/c1-2-3-4-8-11-16-17(19(20)21)12-13-18(16)14-15-9-6-5-7-10-15/h5-7,9-10,16-17H,2-4,8,11-14H2,1H3/t16-,17+/m1/s1. The van der Waals surface area contributed by atoms with Crippen LogP contribution >= 0.6 is 0 Å². The van der Waals surface area contributed by atoms with Crippen molar-refractivity contribution in [2.24, 2.45) is 0 Å². The Bertz CT molecular complexity index is 436. The second kappa shape index (κ2) is 8.13. The number of likely N-dealkylation sites (tertiary alicyclic amines) is 1. The molecule has 0 aromatic heterocycles. The molecule has 2 rings (SSSR count). The van der Waals surface area contributed by atoms with Crippen molar-refractivity contribution >= 4 is 0 Å². The minimum Gasteiger partial charge on any atom is -0.289 e. The largest absolute Gasteiger partial charge is 0.289 e. The summed E-state index contributed by atoms with van der Waals surface area (Å²) in [6, 6.07) is 10.0. The molecule has 4 nitrogen and oxygen atoms in total. The van der Waals surface area contributed by atoms with Crippen LogP contribution in [0.5, 0.6) is 0 Å². The maximum absolute atomic E-state index is 11.3. The smallest absolute Gasteiger partial charge is 0.229 e. The molecule has 1 aliphatic heterocycles. The molecule has 21 heavy (non-hydrogen) atoms. The van der Waals surface area contributed by atoms with Gasteiger partial charge in [0.1, 0.15) is 0 Å². The predicted octanol–water partition coefficient (Wildman–Crippen LogP) is 3.88. The van der Waals surface area contributed by atoms with Crippen molar-refractivity contribution in [3.05, 3.63) is 46.0 Å². The highest BCUT2D eigenvalue weighted by atomic mass is 16.6. The van der Waals surface area contributed by atoms with Gasteiger partial charge in [-0.15, -0.1) is 0 Å². The van der Waals surface area contributed by atoms with Gasteiger partial charge >= 0.3 is 0 Å². The Morgan fingerprint density at radius 2 is 2.00 bits per heavy atom. The molecule has 0 unspecified atom stereocenters. The highest BCUT2D eigenvalue weighted by Crippen LogP contribution is 2.26. The first-order valence-electron chi connectivity index (χ1n) is 8.14. The lowest BCUT2D eigenvalue weighted by Gasteiger charge is -2.24. The molecule has 1 aliphatic rings. The van der Waals surface area contributed by atoms with Gasteiger partial charge in [-0.2, -0.15) is 0 Å². The summed E-state index contributed by atoms with van der Waals surface area (Å²) in [5.41, 5.74) is 1.25. The van der Waals surface area contributed by atoms with Gasteiger partial charge in [-0.05, 0) is 12.0 Å². The molecule has 116 valence electrons. The van der Waals surface area contributed by atoms with Gasteiger partial charge in [0.25, 0.3) is 0 Å². The first kappa shape index (κ1) is 16.0. The van der Waals surface area contributed by atoms with Crippen LogP contribution in [0, 0.1) is 10.1 Å². The average molecular weight is 290 g/mol. The fourth-order valence-corrected chi connectivity index (χ4v) is 3.32. The third-order valence-electron chi connectivity index (χ3n) is 4.48. The van der Waals surface area contributed by atoms with Crippen LogP contribution in [0.2, 0.25) is 0 Å². The number of rotatable bonds is 8. The Morgan fingerprint density at radius 1 is 1.24 bits per heavy atom. The number of hydrogen-bond acceptors (Lipinski definition) is 3. The SMILES string of the molecule is CCCCCC[C@@H]1[C@@H]([N+](=O)[O-])CCN1Cc1ccccc1. The molecule has 0 bridgehead atoms. The molecule has 0 radical (unpaired) electrons. The van der Waals surface area contributed by atoms with Gasteiger partial charge in [0, 0.05) is 24.4 Å². The Hall–Kier alpha value is -1.42. The van der Waals surface area contributed by atoms with Crippen LogP contribution in [0.3, 0.4) is 0 Å². The molecule has 1 fully saturated rings. The highest BCUT2D eigenvalue weighted by Gasteiger charge is 2.41. The van der Waals surface area contributed by atoms with Gasteiger partial charge < -0.3 is 0 Å². The van der Waals surface area contributed by atoms with Crippen LogP contribution in [0.15, 0.2) is 30.3 Å². The Kier molecular flexibility index (Phi) is 6.18. The lowest BCUT2D eigenvalue weighted by Crippen LogP contribution is -2.38. The minimum absolute atomic E-state index is 0.0600. The van der Waals surface area contributed by atoms with Crippen LogP contribution in [0.1, 0.15) is 51.0 Å². The molecule has 0 amide bonds. The third-order valence-corrected chi connectivity index (χ3v) is 4.48. The predicted molar refractivity (Wildman–Crippen MR) is 84.8 cm³/mol. The van der Waals surface area contributed by atoms with Crippen LogP contribution in [-0.4, -0.2) is 28.5 Å². The van der Waals surface area contributed by atoms with Crippen molar-refractivity contribution in [2.45, 2.75) is 64.1 Å². The maximum atomic E-state index is 11.3. The normalized spacial score (nSPS) is 22.5. The van der Waals surface area contributed by atoms with Gasteiger partial charge in [-0.3, -0.25) is 15.0 Å². The van der Waals surface area contributed by atoms with Gasteiger partial charge in [-0.1, -0.05) is 62.9 Å². The van der Waals surface area contributed by atoms with Crippen LogP contribution in [0.25, 0.3) is 0 Å². The first-order chi connectivity index (χ1) is 10.2. The molecule has 1 aromatic carbocycles. The van der Waals surface area contributed by atoms with E-state index in [-0.39, 0.29) is 17.0 Å². The van der Waals surface area contributed by atoms with Gasteiger partial charge in [0.2, 0.25) is 6.04 Å². The van der Waals surface area contributed by atoms with E-state index in [1.165, 1.54) is 24.8 Å². The van der Waals surface area contributed by atoms with E-state index in [1.54, 1.807) is 0 Å². The van der Waals surface area contributed by atoms with Crippen molar-refractivity contribution in [3.8, 4) is 0 Å². The molecular formula is C17H26N2O2. The van der Waals surface area contributed by atoms with E-state index in [1.807, 2.05) is 18.2 Å². The van der Waals surface area contributed by atoms with E-state index < -0.39 is 0 Å². The van der Waals surface area contributed by atoms with Crippen molar-refractivity contribution in [2.75, 3.05) is 6.54 Å². The number of nitrogens with zero attached hydrogens (tertiary/aromatic N) is 2. The van der Waals surface area contributed by atoms with Gasteiger partial charge in [0.15, 0.2) is 0 Å². The third kappa shape index (κ3) is 4.53. The van der Waals surface area contributed by atoms with Gasteiger partial charge in [-0.25, -0.2) is 0 Å². The van der Waals surface area contributed by atoms with E-state index in [4.69, 9.17) is 0 Å². The molecule has 4 heteroatoms. The number of benzene rings is 1. The average Bonchev–Trinajstić information content (AvgIpc) is 2.88. The fourth-order valence-electron chi connectivity index (χ4n) is 3.32. The number of hydrogen-bond donors (Lipinski definition) is 0. The number of nitro groups is 1. The molecular weight excluding hydrogens is 264 g/mol. The summed E-state index contributed by atoms with van der Waals surface area (Å²) in [5.74, 6) is 0. The van der Waals surface area contributed by atoms with Crippen LogP contribution in [-0.2, 0) is 6.54 Å². The highest BCUT2D eigenvalue weighted by molar-refractivity contribution is 5.15. The minimum atomic E-state index is -0.379. The van der Waals surface area contributed by atoms with Crippen molar-refractivity contribution in [1.82, 2.24) is 4.90 Å². The van der Waals surface area contributed by atoms with E-state index in [0.29, 0.717) is 6.42 Å². The summed E-state index contributed by atoms with van der Waals surface area (Å²) >= 11 is 0. The molecule has 2 atom stereocenters. The second-order valence-corrected chi connectivity index (χ2v) is 6.01. The Morgan fingerprint density at radius 3 is 2.67 bits per heavy atom. The lowest BCUT2D eigenvalue weighted by atomic mass is 10.0. The zero-order chi connectivity index (χ0) is 15.1.